The molecule has 2 bridgehead atoms. The van der Waals surface area contributed by atoms with E-state index in [0.29, 0.717) is 17.6 Å². The van der Waals surface area contributed by atoms with E-state index in [1.54, 1.807) is 12.1 Å². The van der Waals surface area contributed by atoms with Gasteiger partial charge in [0.25, 0.3) is 0 Å². The topological polar surface area (TPSA) is 29.5 Å². The Morgan fingerprint density at radius 1 is 1.35 bits per heavy atom. The number of carbonyl (C=O) groups is 1. The number of hydrogen-bond acceptors (Lipinski definition) is 3. The maximum atomic E-state index is 13.1. The normalized spacial score (nSPS) is 29.4. The van der Waals surface area contributed by atoms with Gasteiger partial charge in [-0.05, 0) is 50.4 Å². The summed E-state index contributed by atoms with van der Waals surface area (Å²) in [6.45, 7) is 0. The highest BCUT2D eigenvalue weighted by Gasteiger charge is 2.39. The number of rotatable bonds is 3. The molecular formula is C16H20FNO2. The molecule has 3 rings (SSSR count). The first-order valence-electron chi connectivity index (χ1n) is 7.27. The van der Waals surface area contributed by atoms with Crippen molar-refractivity contribution in [3.63, 3.8) is 0 Å². The van der Waals surface area contributed by atoms with Crippen molar-refractivity contribution >= 4 is 5.97 Å². The minimum atomic E-state index is -0.312. The zero-order valence-corrected chi connectivity index (χ0v) is 11.7. The van der Waals surface area contributed by atoms with Gasteiger partial charge in [-0.15, -0.1) is 0 Å². The Morgan fingerprint density at radius 2 is 2.05 bits per heavy atom. The van der Waals surface area contributed by atoms with Crippen LogP contribution in [0.5, 0.6) is 0 Å². The number of esters is 1. The Hall–Kier alpha value is -1.42. The minimum absolute atomic E-state index is 0.0322. The zero-order chi connectivity index (χ0) is 14.1. The minimum Gasteiger partial charge on any atom is -0.462 e. The molecule has 2 saturated heterocycles. The zero-order valence-electron chi connectivity index (χ0n) is 11.7. The number of nitrogens with zero attached hydrogens (tertiary/aromatic N) is 1. The Labute approximate surface area is 118 Å². The Morgan fingerprint density at radius 3 is 2.70 bits per heavy atom. The van der Waals surface area contributed by atoms with Gasteiger partial charge >= 0.3 is 5.97 Å². The van der Waals surface area contributed by atoms with Crippen LogP contribution in [0.2, 0.25) is 0 Å². The van der Waals surface area contributed by atoms with Crippen molar-refractivity contribution in [2.45, 2.75) is 50.3 Å². The molecule has 2 heterocycles. The van der Waals surface area contributed by atoms with Crippen molar-refractivity contribution in [3.8, 4) is 0 Å². The molecule has 20 heavy (non-hydrogen) atoms. The van der Waals surface area contributed by atoms with Crippen molar-refractivity contribution < 1.29 is 13.9 Å². The smallest absolute Gasteiger partial charge is 0.310 e. The molecule has 2 unspecified atom stereocenters. The van der Waals surface area contributed by atoms with Gasteiger partial charge in [-0.1, -0.05) is 12.1 Å². The quantitative estimate of drug-likeness (QED) is 0.795. The van der Waals surface area contributed by atoms with Crippen LogP contribution in [0, 0.1) is 5.82 Å². The lowest BCUT2D eigenvalue weighted by atomic mass is 10.0. The van der Waals surface area contributed by atoms with E-state index in [-0.39, 0.29) is 24.3 Å². The molecule has 108 valence electrons. The number of ether oxygens (including phenoxy) is 1. The molecule has 2 atom stereocenters. The predicted octanol–water partition coefficient (Wildman–Crippen LogP) is 2.54. The van der Waals surface area contributed by atoms with E-state index in [1.807, 2.05) is 0 Å². The van der Waals surface area contributed by atoms with Crippen LogP contribution < -0.4 is 0 Å². The lowest BCUT2D eigenvalue weighted by Gasteiger charge is -2.35. The monoisotopic (exact) mass is 277 g/mol. The number of carbonyl (C=O) groups excluding carboxylic acids is 1. The average molecular weight is 277 g/mol. The van der Waals surface area contributed by atoms with Crippen molar-refractivity contribution in [1.29, 1.82) is 0 Å². The fourth-order valence-corrected chi connectivity index (χ4v) is 3.50. The summed E-state index contributed by atoms with van der Waals surface area (Å²) in [5.41, 5.74) is 0.672. The van der Waals surface area contributed by atoms with E-state index in [4.69, 9.17) is 4.74 Å². The largest absolute Gasteiger partial charge is 0.462 e. The number of piperidine rings is 1. The van der Waals surface area contributed by atoms with E-state index in [0.717, 1.165) is 12.8 Å². The van der Waals surface area contributed by atoms with Gasteiger partial charge in [0, 0.05) is 12.1 Å². The molecule has 1 aromatic rings. The van der Waals surface area contributed by atoms with Gasteiger partial charge in [0.15, 0.2) is 0 Å². The molecule has 0 spiro atoms. The van der Waals surface area contributed by atoms with Crippen LogP contribution in [-0.4, -0.2) is 36.1 Å². The van der Waals surface area contributed by atoms with Crippen LogP contribution >= 0.6 is 0 Å². The molecule has 0 amide bonds. The van der Waals surface area contributed by atoms with E-state index in [9.17, 15) is 9.18 Å². The number of benzene rings is 1. The standard InChI is InChI=1S/C16H20FNO2/c1-18-13-5-6-14(18)10-15(9-13)20-16(19)8-11-3-2-4-12(17)7-11/h2-4,7,13-15H,5-6,8-10H2,1H3. The Kier molecular flexibility index (Phi) is 3.74. The van der Waals surface area contributed by atoms with Crippen molar-refractivity contribution in [3.05, 3.63) is 35.6 Å². The van der Waals surface area contributed by atoms with E-state index in [2.05, 4.69) is 11.9 Å². The van der Waals surface area contributed by atoms with Crippen LogP contribution in [0.1, 0.15) is 31.2 Å². The molecule has 0 saturated carbocycles. The lowest BCUT2D eigenvalue weighted by Crippen LogP contribution is -2.43. The Bertz CT molecular complexity index is 491. The SMILES string of the molecule is CN1C2CCC1CC(OC(=O)Cc1cccc(F)c1)C2. The summed E-state index contributed by atoms with van der Waals surface area (Å²) in [6.07, 6.45) is 4.46. The van der Waals surface area contributed by atoms with Crippen molar-refractivity contribution in [1.82, 2.24) is 4.90 Å². The third-order valence-corrected chi connectivity index (χ3v) is 4.59. The molecule has 2 aliphatic rings. The van der Waals surface area contributed by atoms with Crippen LogP contribution in [0.3, 0.4) is 0 Å². The van der Waals surface area contributed by atoms with Gasteiger partial charge < -0.3 is 9.64 Å². The van der Waals surface area contributed by atoms with E-state index >= 15 is 0 Å². The summed E-state index contributed by atoms with van der Waals surface area (Å²) in [7, 11) is 2.16. The van der Waals surface area contributed by atoms with Gasteiger partial charge in [0.1, 0.15) is 11.9 Å². The second-order valence-corrected chi connectivity index (χ2v) is 5.94. The number of halogens is 1. The predicted molar refractivity (Wildman–Crippen MR) is 73.8 cm³/mol. The summed E-state index contributed by atoms with van der Waals surface area (Å²) in [5.74, 6) is -0.558. The molecule has 4 heteroatoms. The highest BCUT2D eigenvalue weighted by atomic mass is 19.1. The van der Waals surface area contributed by atoms with Crippen LogP contribution in [0.25, 0.3) is 0 Å². The van der Waals surface area contributed by atoms with Crippen molar-refractivity contribution in [2.24, 2.45) is 0 Å². The molecule has 0 N–H and O–H groups in total. The van der Waals surface area contributed by atoms with Gasteiger partial charge in [-0.2, -0.15) is 0 Å². The summed E-state index contributed by atoms with van der Waals surface area (Å²) < 4.78 is 18.6. The lowest BCUT2D eigenvalue weighted by molar-refractivity contribution is -0.151. The summed E-state index contributed by atoms with van der Waals surface area (Å²) in [4.78, 5) is 14.4. The van der Waals surface area contributed by atoms with Crippen molar-refractivity contribution in [2.75, 3.05) is 7.05 Å². The second-order valence-electron chi connectivity index (χ2n) is 5.94. The molecular weight excluding hydrogens is 257 g/mol. The number of hydrogen-bond donors (Lipinski definition) is 0. The van der Waals surface area contributed by atoms with Gasteiger partial charge in [-0.25, -0.2) is 4.39 Å². The van der Waals surface area contributed by atoms with Crippen LogP contribution in [0.4, 0.5) is 4.39 Å². The number of fused-ring (bicyclic) bond motifs is 2. The van der Waals surface area contributed by atoms with Gasteiger partial charge in [0.05, 0.1) is 6.42 Å². The van der Waals surface area contributed by atoms with Crippen LogP contribution in [0.15, 0.2) is 24.3 Å². The molecule has 2 aliphatic heterocycles. The van der Waals surface area contributed by atoms with Crippen LogP contribution in [-0.2, 0) is 16.0 Å². The molecule has 2 fully saturated rings. The first kappa shape index (κ1) is 13.6. The molecule has 3 nitrogen and oxygen atoms in total. The third kappa shape index (κ3) is 2.85. The molecule has 1 aromatic carbocycles. The maximum Gasteiger partial charge on any atom is 0.310 e. The summed E-state index contributed by atoms with van der Waals surface area (Å²) in [5, 5.41) is 0. The molecule has 0 radical (unpaired) electrons. The highest BCUT2D eigenvalue weighted by molar-refractivity contribution is 5.72. The highest BCUT2D eigenvalue weighted by Crippen LogP contribution is 2.35. The molecule has 0 aliphatic carbocycles. The fraction of sp³-hybridized carbons (Fsp3) is 0.562. The third-order valence-electron chi connectivity index (χ3n) is 4.59. The van der Waals surface area contributed by atoms with Gasteiger partial charge in [-0.3, -0.25) is 4.79 Å². The summed E-state index contributed by atoms with van der Waals surface area (Å²) >= 11 is 0. The maximum absolute atomic E-state index is 13.1. The van der Waals surface area contributed by atoms with E-state index < -0.39 is 0 Å². The Balaban J connectivity index is 1.55. The first-order valence-corrected chi connectivity index (χ1v) is 7.27. The van der Waals surface area contributed by atoms with E-state index in [1.165, 1.54) is 25.0 Å². The summed E-state index contributed by atoms with van der Waals surface area (Å²) in [6, 6.07) is 7.25. The fourth-order valence-electron chi connectivity index (χ4n) is 3.50. The first-order chi connectivity index (χ1) is 9.61. The van der Waals surface area contributed by atoms with Gasteiger partial charge in [0.2, 0.25) is 0 Å². The second kappa shape index (κ2) is 5.52. The molecule has 0 aromatic heterocycles. The average Bonchev–Trinajstić information content (AvgIpc) is 2.61.